The summed E-state index contributed by atoms with van der Waals surface area (Å²) in [5.41, 5.74) is 3.51. The first kappa shape index (κ1) is 16.7. The van der Waals surface area contributed by atoms with Crippen LogP contribution >= 0.6 is 0 Å². The molecule has 0 saturated carbocycles. The second-order valence-corrected chi connectivity index (χ2v) is 5.39. The number of hydrogen-bond donors (Lipinski definition) is 3. The van der Waals surface area contributed by atoms with Crippen LogP contribution in [0.1, 0.15) is 21.7 Å². The van der Waals surface area contributed by atoms with E-state index in [1.807, 2.05) is 30.3 Å². The molecule has 0 aliphatic carbocycles. The van der Waals surface area contributed by atoms with Gasteiger partial charge in [-0.3, -0.25) is 15.0 Å². The van der Waals surface area contributed by atoms with Crippen molar-refractivity contribution in [3.8, 4) is 17.0 Å². The van der Waals surface area contributed by atoms with E-state index in [1.165, 1.54) is 6.20 Å². The van der Waals surface area contributed by atoms with Crippen molar-refractivity contribution in [2.75, 3.05) is 14.2 Å². The fraction of sp³-hybridized carbons (Fsp3) is 0.235. The Labute approximate surface area is 144 Å². The number of carbonyl (C=O) groups is 1. The average molecular weight is 341 g/mol. The van der Waals surface area contributed by atoms with Gasteiger partial charge >= 0.3 is 0 Å². The summed E-state index contributed by atoms with van der Waals surface area (Å²) in [5, 5.41) is 16.7. The van der Waals surface area contributed by atoms with Crippen LogP contribution in [0.3, 0.4) is 0 Å². The van der Waals surface area contributed by atoms with Crippen molar-refractivity contribution in [2.45, 2.75) is 13.2 Å². The molecule has 1 amide bonds. The second-order valence-electron chi connectivity index (χ2n) is 5.39. The number of carbonyl (C=O) groups excluding carboxylic acids is 1. The van der Waals surface area contributed by atoms with Crippen LogP contribution in [0.25, 0.3) is 11.3 Å². The minimum Gasteiger partial charge on any atom is -0.497 e. The molecule has 0 bridgehead atoms. The van der Waals surface area contributed by atoms with Crippen molar-refractivity contribution < 1.29 is 14.3 Å². The first-order valence-corrected chi connectivity index (χ1v) is 7.69. The molecule has 3 aromatic rings. The molecule has 0 fully saturated rings. The summed E-state index contributed by atoms with van der Waals surface area (Å²) >= 11 is 0. The van der Waals surface area contributed by atoms with Crippen LogP contribution in [0.15, 0.2) is 36.5 Å². The van der Waals surface area contributed by atoms with Crippen molar-refractivity contribution >= 4 is 5.91 Å². The number of aromatic amines is 2. The van der Waals surface area contributed by atoms with Gasteiger partial charge < -0.3 is 14.8 Å². The predicted molar refractivity (Wildman–Crippen MR) is 91.0 cm³/mol. The highest BCUT2D eigenvalue weighted by molar-refractivity contribution is 5.99. The third kappa shape index (κ3) is 3.86. The maximum atomic E-state index is 12.5. The van der Waals surface area contributed by atoms with Crippen molar-refractivity contribution in [3.63, 3.8) is 0 Å². The highest BCUT2D eigenvalue weighted by Crippen LogP contribution is 2.24. The molecule has 0 spiro atoms. The molecular weight excluding hydrogens is 322 g/mol. The summed E-state index contributed by atoms with van der Waals surface area (Å²) < 4.78 is 10.2. The van der Waals surface area contributed by atoms with E-state index in [0.29, 0.717) is 30.2 Å². The number of ether oxygens (including phenoxy) is 2. The lowest BCUT2D eigenvalue weighted by molar-refractivity contribution is 0.0951. The number of nitrogens with one attached hydrogen (secondary N) is 3. The monoisotopic (exact) mass is 341 g/mol. The van der Waals surface area contributed by atoms with Gasteiger partial charge in [0.05, 0.1) is 49.1 Å². The van der Waals surface area contributed by atoms with Crippen molar-refractivity contribution in [1.82, 2.24) is 25.7 Å². The molecule has 2 heterocycles. The molecule has 0 atom stereocenters. The van der Waals surface area contributed by atoms with E-state index in [4.69, 9.17) is 9.47 Å². The molecule has 3 rings (SSSR count). The van der Waals surface area contributed by atoms with Gasteiger partial charge in [0.15, 0.2) is 0 Å². The van der Waals surface area contributed by atoms with Gasteiger partial charge in [-0.05, 0) is 18.2 Å². The molecule has 0 radical (unpaired) electrons. The summed E-state index contributed by atoms with van der Waals surface area (Å²) in [6.45, 7) is 0.754. The Morgan fingerprint density at radius 3 is 2.92 bits per heavy atom. The minimum atomic E-state index is -0.227. The first-order valence-electron chi connectivity index (χ1n) is 7.69. The maximum absolute atomic E-state index is 12.5. The molecule has 8 heteroatoms. The van der Waals surface area contributed by atoms with E-state index in [2.05, 4.69) is 25.7 Å². The number of nitrogens with zero attached hydrogens (tertiary/aromatic N) is 2. The van der Waals surface area contributed by atoms with Gasteiger partial charge in [0.1, 0.15) is 5.75 Å². The van der Waals surface area contributed by atoms with Crippen LogP contribution in [0.2, 0.25) is 0 Å². The Morgan fingerprint density at radius 1 is 1.24 bits per heavy atom. The Balaban J connectivity index is 1.71. The van der Waals surface area contributed by atoms with Crippen LogP contribution in [0.5, 0.6) is 5.75 Å². The third-order valence-corrected chi connectivity index (χ3v) is 3.66. The molecule has 0 aliphatic heterocycles. The quantitative estimate of drug-likeness (QED) is 0.608. The number of H-pyrrole nitrogens is 2. The predicted octanol–water partition coefficient (Wildman–Crippen LogP) is 1.88. The summed E-state index contributed by atoms with van der Waals surface area (Å²) in [6.07, 6.45) is 1.51. The lowest BCUT2D eigenvalue weighted by Crippen LogP contribution is -2.23. The number of benzene rings is 1. The van der Waals surface area contributed by atoms with Crippen LogP contribution in [-0.4, -0.2) is 40.5 Å². The Kier molecular flexibility index (Phi) is 5.10. The fourth-order valence-electron chi connectivity index (χ4n) is 2.45. The number of hydrogen-bond acceptors (Lipinski definition) is 5. The number of aromatic nitrogens is 4. The molecule has 1 aromatic carbocycles. The molecule has 2 aromatic heterocycles. The number of amides is 1. The molecular formula is C17H19N5O3. The number of rotatable bonds is 7. The van der Waals surface area contributed by atoms with Gasteiger partial charge in [-0.1, -0.05) is 12.1 Å². The summed E-state index contributed by atoms with van der Waals surface area (Å²) in [4.78, 5) is 12.5. The molecule has 8 nitrogen and oxygen atoms in total. The van der Waals surface area contributed by atoms with Crippen LogP contribution in [-0.2, 0) is 17.9 Å². The Morgan fingerprint density at radius 2 is 2.12 bits per heavy atom. The molecule has 3 N–H and O–H groups in total. The third-order valence-electron chi connectivity index (χ3n) is 3.66. The highest BCUT2D eigenvalue weighted by Gasteiger charge is 2.16. The van der Waals surface area contributed by atoms with E-state index in [9.17, 15) is 4.79 Å². The standard InChI is InChI=1S/C17H19N5O3/c1-24-10-13-7-12(20-21-13)8-18-17(23)15-9-19-22-16(15)11-4-3-5-14(6-11)25-2/h3-7,9H,8,10H2,1-2H3,(H,18,23)(H,19,22)(H,20,21). The van der Waals surface area contributed by atoms with Gasteiger partial charge in [0.2, 0.25) is 0 Å². The van der Waals surface area contributed by atoms with E-state index in [0.717, 1.165) is 17.0 Å². The highest BCUT2D eigenvalue weighted by atomic mass is 16.5. The van der Waals surface area contributed by atoms with Crippen LogP contribution in [0, 0.1) is 0 Å². The summed E-state index contributed by atoms with van der Waals surface area (Å²) in [6, 6.07) is 9.28. The summed E-state index contributed by atoms with van der Waals surface area (Å²) in [5.74, 6) is 0.482. The van der Waals surface area contributed by atoms with Crippen molar-refractivity contribution in [3.05, 3.63) is 53.5 Å². The van der Waals surface area contributed by atoms with Crippen LogP contribution in [0.4, 0.5) is 0 Å². The van der Waals surface area contributed by atoms with E-state index in [-0.39, 0.29) is 5.91 Å². The average Bonchev–Trinajstić information content (AvgIpc) is 3.29. The summed E-state index contributed by atoms with van der Waals surface area (Å²) in [7, 11) is 3.21. The normalized spacial score (nSPS) is 10.6. The zero-order valence-corrected chi connectivity index (χ0v) is 14.0. The van der Waals surface area contributed by atoms with Gasteiger partial charge in [-0.25, -0.2) is 0 Å². The maximum Gasteiger partial charge on any atom is 0.255 e. The lowest BCUT2D eigenvalue weighted by Gasteiger charge is -2.06. The van der Waals surface area contributed by atoms with Gasteiger partial charge in [-0.15, -0.1) is 0 Å². The molecule has 0 aliphatic rings. The molecule has 0 saturated heterocycles. The van der Waals surface area contributed by atoms with Gasteiger partial charge in [0.25, 0.3) is 5.91 Å². The largest absolute Gasteiger partial charge is 0.497 e. The van der Waals surface area contributed by atoms with Crippen molar-refractivity contribution in [1.29, 1.82) is 0 Å². The van der Waals surface area contributed by atoms with Crippen LogP contribution < -0.4 is 10.1 Å². The Bertz CT molecular complexity index is 855. The molecule has 25 heavy (non-hydrogen) atoms. The van der Waals surface area contributed by atoms with Crippen molar-refractivity contribution in [2.24, 2.45) is 0 Å². The molecule has 0 unspecified atom stereocenters. The zero-order chi connectivity index (χ0) is 17.6. The SMILES string of the molecule is COCc1cc(CNC(=O)c2cn[nH]c2-c2cccc(OC)c2)[nH]n1. The van der Waals surface area contributed by atoms with Gasteiger partial charge in [-0.2, -0.15) is 10.2 Å². The topological polar surface area (TPSA) is 105 Å². The second kappa shape index (κ2) is 7.63. The molecule has 130 valence electrons. The fourth-order valence-corrected chi connectivity index (χ4v) is 2.45. The minimum absolute atomic E-state index is 0.227. The number of methoxy groups -OCH3 is 2. The lowest BCUT2D eigenvalue weighted by atomic mass is 10.1. The Hall–Kier alpha value is -3.13. The first-order chi connectivity index (χ1) is 12.2. The van der Waals surface area contributed by atoms with E-state index in [1.54, 1.807) is 14.2 Å². The zero-order valence-electron chi connectivity index (χ0n) is 14.0. The van der Waals surface area contributed by atoms with E-state index < -0.39 is 0 Å². The van der Waals surface area contributed by atoms with E-state index >= 15 is 0 Å². The van der Waals surface area contributed by atoms with Gasteiger partial charge in [0, 0.05) is 12.7 Å². The smallest absolute Gasteiger partial charge is 0.255 e.